The molecule has 0 radical (unpaired) electrons. The summed E-state index contributed by atoms with van der Waals surface area (Å²) in [6, 6.07) is 16.6. The molecule has 242 valence electrons. The lowest BCUT2D eigenvalue weighted by Crippen LogP contribution is -2.32. The highest BCUT2D eigenvalue weighted by atomic mass is 32.2. The van der Waals surface area contributed by atoms with Gasteiger partial charge in [0.1, 0.15) is 22.9 Å². The number of hydrogen-bond acceptors (Lipinski definition) is 8. The number of carbonyl (C=O) groups is 1. The smallest absolute Gasteiger partial charge is 0.255 e. The first kappa shape index (κ1) is 31.6. The van der Waals surface area contributed by atoms with Crippen LogP contribution in [-0.2, 0) is 10.0 Å². The van der Waals surface area contributed by atoms with Gasteiger partial charge in [-0.05, 0) is 66.2 Å². The van der Waals surface area contributed by atoms with E-state index in [1.54, 1.807) is 42.6 Å². The van der Waals surface area contributed by atoms with E-state index in [1.807, 2.05) is 0 Å². The van der Waals surface area contributed by atoms with Crippen molar-refractivity contribution in [3.8, 4) is 39.7 Å². The van der Waals surface area contributed by atoms with Gasteiger partial charge in [0, 0.05) is 54.4 Å². The largest absolute Gasteiger partial charge is 0.497 e. The molecular formula is C33H27F3N4O6S. The average molecular weight is 665 g/mol. The van der Waals surface area contributed by atoms with Gasteiger partial charge in [-0.25, -0.2) is 26.6 Å². The summed E-state index contributed by atoms with van der Waals surface area (Å²) in [7, 11) is -1.24. The number of rotatable bonds is 10. The molecule has 6 aromatic rings. The van der Waals surface area contributed by atoms with Crippen LogP contribution in [0.25, 0.3) is 56.1 Å². The maximum absolute atomic E-state index is 13.8. The van der Waals surface area contributed by atoms with Crippen LogP contribution in [0.5, 0.6) is 5.75 Å². The van der Waals surface area contributed by atoms with Crippen molar-refractivity contribution in [1.29, 1.82) is 0 Å². The zero-order valence-electron chi connectivity index (χ0n) is 25.3. The molecule has 0 unspecified atom stereocenters. The van der Waals surface area contributed by atoms with Crippen LogP contribution in [0.15, 0.2) is 81.8 Å². The number of aromatic nitrogens is 2. The number of nitrogens with one attached hydrogen (secondary N) is 1. The van der Waals surface area contributed by atoms with Crippen LogP contribution >= 0.6 is 0 Å². The predicted molar refractivity (Wildman–Crippen MR) is 171 cm³/mol. The van der Waals surface area contributed by atoms with Gasteiger partial charge >= 0.3 is 0 Å². The molecule has 10 nitrogen and oxygen atoms in total. The number of methoxy groups -OCH3 is 1. The second-order valence-corrected chi connectivity index (χ2v) is 12.5. The van der Waals surface area contributed by atoms with Crippen LogP contribution in [0.1, 0.15) is 16.8 Å². The molecule has 0 aliphatic heterocycles. The summed E-state index contributed by atoms with van der Waals surface area (Å²) < 4.78 is 85.5. The number of benzene rings is 3. The molecular weight excluding hydrogens is 637 g/mol. The Morgan fingerprint density at radius 3 is 2.40 bits per heavy atom. The lowest BCUT2D eigenvalue weighted by atomic mass is 9.96. The Labute approximate surface area is 266 Å². The highest BCUT2D eigenvalue weighted by Crippen LogP contribution is 2.43. The number of pyridine rings is 1. The number of anilines is 1. The number of hydrogen-bond donors (Lipinski definition) is 1. The molecule has 47 heavy (non-hydrogen) atoms. The van der Waals surface area contributed by atoms with Crippen LogP contribution in [0.3, 0.4) is 0 Å². The summed E-state index contributed by atoms with van der Waals surface area (Å²) in [4.78, 5) is 22.0. The Kier molecular flexibility index (Phi) is 8.36. The van der Waals surface area contributed by atoms with E-state index in [1.165, 1.54) is 44.5 Å². The minimum atomic E-state index is -4.12. The van der Waals surface area contributed by atoms with Gasteiger partial charge in [0.05, 0.1) is 24.6 Å². The second-order valence-electron chi connectivity index (χ2n) is 10.6. The first-order valence-corrected chi connectivity index (χ1v) is 16.1. The maximum Gasteiger partial charge on any atom is 0.255 e. The summed E-state index contributed by atoms with van der Waals surface area (Å²) in [5.41, 5.74) is 2.50. The third kappa shape index (κ3) is 6.23. The molecule has 0 saturated carbocycles. The van der Waals surface area contributed by atoms with Gasteiger partial charge in [-0.15, -0.1) is 0 Å². The van der Waals surface area contributed by atoms with E-state index >= 15 is 0 Å². The van der Waals surface area contributed by atoms with Gasteiger partial charge in [0.15, 0.2) is 11.2 Å². The van der Waals surface area contributed by atoms with E-state index < -0.39 is 41.1 Å². The van der Waals surface area contributed by atoms with Crippen molar-refractivity contribution >= 4 is 43.8 Å². The number of alkyl halides is 2. The molecule has 1 amide bonds. The molecule has 0 fully saturated rings. The van der Waals surface area contributed by atoms with E-state index in [2.05, 4.69) is 15.3 Å². The monoisotopic (exact) mass is 664 g/mol. The van der Waals surface area contributed by atoms with Gasteiger partial charge in [-0.2, -0.15) is 4.98 Å². The van der Waals surface area contributed by atoms with Crippen molar-refractivity contribution in [2.45, 2.75) is 12.8 Å². The van der Waals surface area contributed by atoms with E-state index in [-0.39, 0.29) is 34.0 Å². The van der Waals surface area contributed by atoms with Crippen molar-refractivity contribution in [3.63, 3.8) is 0 Å². The van der Waals surface area contributed by atoms with Crippen LogP contribution in [-0.4, -0.2) is 57.7 Å². The van der Waals surface area contributed by atoms with Crippen LogP contribution in [0.2, 0.25) is 0 Å². The summed E-state index contributed by atoms with van der Waals surface area (Å²) >= 11 is 0. The van der Waals surface area contributed by atoms with Gasteiger partial charge in [-0.3, -0.25) is 9.10 Å². The average Bonchev–Trinajstić information content (AvgIpc) is 3.65. The quantitative estimate of drug-likeness (QED) is 0.168. The van der Waals surface area contributed by atoms with Crippen molar-refractivity contribution in [2.24, 2.45) is 0 Å². The Morgan fingerprint density at radius 2 is 1.74 bits per heavy atom. The van der Waals surface area contributed by atoms with Crippen molar-refractivity contribution < 1.29 is 40.0 Å². The number of ether oxygens (including phenoxy) is 1. The fourth-order valence-electron chi connectivity index (χ4n) is 5.29. The molecule has 0 spiro atoms. The number of halogens is 3. The number of furan rings is 1. The molecule has 14 heteroatoms. The molecule has 3 aromatic carbocycles. The molecule has 6 rings (SSSR count). The standard InChI is InChI=1S/C33H27F3N4O6S/c1-37-32(41)29-24-16-23(19-13-20(15-22(14-19)44-2)33-39-31-26(46-33)5-4-11-38-31)25(40(47(3,42)43)12-10-28(35)36)17-27(24)45-30(29)18-6-8-21(34)9-7-18/h4-9,11,13-17,28H,10,12H2,1-3H3,(H,37,41). The second kappa shape index (κ2) is 12.4. The molecule has 0 aliphatic carbocycles. The Morgan fingerprint density at radius 1 is 1.00 bits per heavy atom. The van der Waals surface area contributed by atoms with E-state index in [0.717, 1.165) is 10.6 Å². The summed E-state index contributed by atoms with van der Waals surface area (Å²) in [5, 5.41) is 2.88. The third-order valence-corrected chi connectivity index (χ3v) is 8.63. The topological polar surface area (TPSA) is 128 Å². The number of oxazole rings is 1. The SMILES string of the molecule is CNC(=O)c1c(-c2ccc(F)cc2)oc2cc(N(CCC(F)F)S(C)(=O)=O)c(-c3cc(OC)cc(-c4nc5ncccc5o4)c3)cc12. The van der Waals surface area contributed by atoms with Crippen molar-refractivity contribution in [1.82, 2.24) is 15.3 Å². The molecule has 1 N–H and O–H groups in total. The number of amides is 1. The summed E-state index contributed by atoms with van der Waals surface area (Å²) in [5.74, 6) is -0.367. The van der Waals surface area contributed by atoms with E-state index in [4.69, 9.17) is 13.6 Å². The fourth-order valence-corrected chi connectivity index (χ4v) is 6.24. The molecule has 3 aromatic heterocycles. The van der Waals surface area contributed by atoms with Gasteiger partial charge in [0.2, 0.25) is 22.3 Å². The summed E-state index contributed by atoms with van der Waals surface area (Å²) in [6.45, 7) is -0.545. The number of carbonyl (C=O) groups excluding carboxylic acids is 1. The maximum atomic E-state index is 13.8. The minimum Gasteiger partial charge on any atom is -0.497 e. The minimum absolute atomic E-state index is 0.0157. The summed E-state index contributed by atoms with van der Waals surface area (Å²) in [6.07, 6.45) is -1.04. The molecule has 0 aliphatic rings. The molecule has 3 heterocycles. The molecule has 0 atom stereocenters. The zero-order valence-corrected chi connectivity index (χ0v) is 26.1. The predicted octanol–water partition coefficient (Wildman–Crippen LogP) is 6.90. The van der Waals surface area contributed by atoms with Crippen LogP contribution in [0.4, 0.5) is 18.9 Å². The van der Waals surface area contributed by atoms with E-state index in [9.17, 15) is 26.4 Å². The van der Waals surface area contributed by atoms with Gasteiger partial charge in [-0.1, -0.05) is 0 Å². The van der Waals surface area contributed by atoms with Crippen LogP contribution in [0, 0.1) is 5.82 Å². The van der Waals surface area contributed by atoms with Gasteiger partial charge < -0.3 is 18.9 Å². The molecule has 0 bridgehead atoms. The highest BCUT2D eigenvalue weighted by Gasteiger charge is 2.28. The van der Waals surface area contributed by atoms with Crippen LogP contribution < -0.4 is 14.4 Å². The lowest BCUT2D eigenvalue weighted by molar-refractivity contribution is 0.0964. The normalized spacial score (nSPS) is 11.8. The highest BCUT2D eigenvalue weighted by molar-refractivity contribution is 7.92. The fraction of sp³-hybridized carbons (Fsp3) is 0.182. The van der Waals surface area contributed by atoms with Crippen molar-refractivity contribution in [3.05, 3.63) is 84.3 Å². The first-order valence-electron chi connectivity index (χ1n) is 14.2. The Hall–Kier alpha value is -5.37. The number of fused-ring (bicyclic) bond motifs is 2. The van der Waals surface area contributed by atoms with Crippen molar-refractivity contribution in [2.75, 3.05) is 31.3 Å². The van der Waals surface area contributed by atoms with Gasteiger partial charge in [0.25, 0.3) is 5.91 Å². The zero-order chi connectivity index (χ0) is 33.5. The Bertz CT molecular complexity index is 2200. The number of nitrogens with zero attached hydrogens (tertiary/aromatic N) is 3. The number of sulfonamides is 1. The Balaban J connectivity index is 1.66. The molecule has 0 saturated heterocycles. The lowest BCUT2D eigenvalue weighted by Gasteiger charge is -2.25. The third-order valence-electron chi connectivity index (χ3n) is 7.45. The first-order chi connectivity index (χ1) is 22.5. The van der Waals surface area contributed by atoms with E-state index in [0.29, 0.717) is 39.1 Å².